The second-order valence-corrected chi connectivity index (χ2v) is 10.9. The van der Waals surface area contributed by atoms with E-state index >= 15 is 0 Å². The molecule has 0 spiro atoms. The molecule has 2 N–H and O–H groups in total. The van der Waals surface area contributed by atoms with Crippen molar-refractivity contribution in [3.05, 3.63) is 82.7 Å². The van der Waals surface area contributed by atoms with Crippen molar-refractivity contribution in [1.82, 2.24) is 0 Å². The largest absolute Gasteiger partial charge is 0.484 e. The summed E-state index contributed by atoms with van der Waals surface area (Å²) in [7, 11) is -2.44. The Morgan fingerprint density at radius 3 is 2.25 bits per heavy atom. The van der Waals surface area contributed by atoms with Gasteiger partial charge < -0.3 is 14.8 Å². The van der Waals surface area contributed by atoms with Gasteiger partial charge in [0.15, 0.2) is 6.61 Å². The minimum Gasteiger partial charge on any atom is -0.484 e. The third-order valence-electron chi connectivity index (χ3n) is 5.16. The van der Waals surface area contributed by atoms with E-state index in [1.807, 2.05) is 26.0 Å². The summed E-state index contributed by atoms with van der Waals surface area (Å²) in [6.45, 7) is 3.53. The zero-order chi connectivity index (χ0) is 25.9. The highest BCUT2D eigenvalue weighted by Crippen LogP contribution is 2.28. The molecule has 0 atom stereocenters. The molecule has 186 valence electrons. The van der Waals surface area contributed by atoms with Crippen molar-refractivity contribution in [2.45, 2.75) is 18.7 Å². The van der Waals surface area contributed by atoms with Gasteiger partial charge in [-0.1, -0.05) is 6.07 Å². The Balaban J connectivity index is 1.35. The van der Waals surface area contributed by atoms with Gasteiger partial charge in [0.1, 0.15) is 10.6 Å². The van der Waals surface area contributed by atoms with Gasteiger partial charge in [-0.2, -0.15) is 0 Å². The maximum absolute atomic E-state index is 12.7. The van der Waals surface area contributed by atoms with E-state index in [0.29, 0.717) is 22.0 Å². The van der Waals surface area contributed by atoms with Gasteiger partial charge in [0.05, 0.1) is 12.0 Å². The van der Waals surface area contributed by atoms with Crippen LogP contribution in [0.5, 0.6) is 5.75 Å². The van der Waals surface area contributed by atoms with E-state index in [1.54, 1.807) is 30.3 Å². The number of ether oxygens (including phenoxy) is 2. The first kappa shape index (κ1) is 25.2. The Labute approximate surface area is 212 Å². The number of sulfonamides is 1. The smallest absolute Gasteiger partial charge is 0.348 e. The van der Waals surface area contributed by atoms with Crippen LogP contribution in [0.2, 0.25) is 0 Å². The maximum atomic E-state index is 12.7. The number of rotatable bonds is 8. The van der Waals surface area contributed by atoms with Crippen molar-refractivity contribution >= 4 is 54.7 Å². The van der Waals surface area contributed by atoms with Crippen LogP contribution in [0.1, 0.15) is 20.8 Å². The Bertz CT molecular complexity index is 1520. The first-order valence-corrected chi connectivity index (χ1v) is 13.2. The number of hydrogen-bond donors (Lipinski definition) is 2. The Hall–Kier alpha value is -3.89. The fourth-order valence-corrected chi connectivity index (χ4v) is 5.63. The van der Waals surface area contributed by atoms with E-state index < -0.39 is 16.0 Å². The zero-order valence-electron chi connectivity index (χ0n) is 19.8. The summed E-state index contributed by atoms with van der Waals surface area (Å²) in [6, 6.07) is 18.3. The summed E-state index contributed by atoms with van der Waals surface area (Å²) in [4.78, 5) is 24.6. The minimum atomic E-state index is -3.77. The van der Waals surface area contributed by atoms with Crippen LogP contribution in [0.25, 0.3) is 10.1 Å². The average Bonchev–Trinajstić information content (AvgIpc) is 3.25. The van der Waals surface area contributed by atoms with Gasteiger partial charge >= 0.3 is 5.97 Å². The van der Waals surface area contributed by atoms with E-state index in [1.165, 1.54) is 42.7 Å². The molecule has 36 heavy (non-hydrogen) atoms. The van der Waals surface area contributed by atoms with Crippen LogP contribution in [0, 0.1) is 13.8 Å². The van der Waals surface area contributed by atoms with Crippen molar-refractivity contribution in [3.63, 3.8) is 0 Å². The highest BCUT2D eigenvalue weighted by atomic mass is 32.2. The predicted molar refractivity (Wildman–Crippen MR) is 140 cm³/mol. The van der Waals surface area contributed by atoms with E-state index in [0.717, 1.165) is 21.2 Å². The number of thiophene rings is 1. The van der Waals surface area contributed by atoms with E-state index in [2.05, 4.69) is 10.0 Å². The minimum absolute atomic E-state index is 0.0776. The van der Waals surface area contributed by atoms with E-state index in [9.17, 15) is 18.0 Å². The third kappa shape index (κ3) is 6.02. The first-order chi connectivity index (χ1) is 17.1. The number of benzene rings is 3. The molecule has 1 aromatic heterocycles. The number of hydrogen-bond acceptors (Lipinski definition) is 7. The molecular weight excluding hydrogens is 500 g/mol. The van der Waals surface area contributed by atoms with Crippen molar-refractivity contribution < 1.29 is 27.5 Å². The standard InChI is InChI=1S/C26H24N2O6S2/c1-16-10-17(2)12-20(11-16)28-36(31,32)22-7-5-21(6-8-22)34-15-25(29)27-19-4-9-23-18(13-19)14-24(35-23)26(30)33-3/h4-14,28H,15H2,1-3H3,(H,27,29). The Morgan fingerprint density at radius 1 is 0.889 bits per heavy atom. The summed E-state index contributed by atoms with van der Waals surface area (Å²) >= 11 is 1.31. The molecule has 0 unspecified atom stereocenters. The second-order valence-electron chi connectivity index (χ2n) is 8.14. The molecule has 4 aromatic rings. The van der Waals surface area contributed by atoms with Crippen LogP contribution in [0.4, 0.5) is 11.4 Å². The number of amides is 1. The van der Waals surface area contributed by atoms with E-state index in [4.69, 9.17) is 9.47 Å². The monoisotopic (exact) mass is 524 g/mol. The number of fused-ring (bicyclic) bond motifs is 1. The molecule has 4 rings (SSSR count). The molecule has 8 nitrogen and oxygen atoms in total. The number of methoxy groups -OCH3 is 1. The number of carbonyl (C=O) groups is 2. The Kier molecular flexibility index (Phi) is 7.27. The molecule has 0 saturated heterocycles. The lowest BCUT2D eigenvalue weighted by Crippen LogP contribution is -2.20. The molecule has 0 aliphatic heterocycles. The lowest BCUT2D eigenvalue weighted by molar-refractivity contribution is -0.118. The molecule has 1 amide bonds. The van der Waals surface area contributed by atoms with Crippen LogP contribution < -0.4 is 14.8 Å². The number of anilines is 2. The van der Waals surface area contributed by atoms with Gasteiger partial charge in [-0.25, -0.2) is 13.2 Å². The lowest BCUT2D eigenvalue weighted by Gasteiger charge is -2.11. The normalized spacial score (nSPS) is 11.2. The summed E-state index contributed by atoms with van der Waals surface area (Å²) < 4.78 is 39.2. The quantitative estimate of drug-likeness (QED) is 0.310. The van der Waals surface area contributed by atoms with Gasteiger partial charge in [0.25, 0.3) is 15.9 Å². The molecule has 0 aliphatic rings. The van der Waals surface area contributed by atoms with Crippen molar-refractivity contribution in [3.8, 4) is 5.75 Å². The summed E-state index contributed by atoms with van der Waals surface area (Å²) in [6.07, 6.45) is 0. The van der Waals surface area contributed by atoms with Gasteiger partial charge in [0, 0.05) is 16.1 Å². The van der Waals surface area contributed by atoms with Crippen LogP contribution in [-0.2, 0) is 19.6 Å². The maximum Gasteiger partial charge on any atom is 0.348 e. The van der Waals surface area contributed by atoms with Gasteiger partial charge in [0.2, 0.25) is 0 Å². The predicted octanol–water partition coefficient (Wildman–Crippen LogP) is 5.12. The topological polar surface area (TPSA) is 111 Å². The highest BCUT2D eigenvalue weighted by molar-refractivity contribution is 7.92. The molecule has 0 aliphatic carbocycles. The van der Waals surface area contributed by atoms with Crippen LogP contribution in [-0.4, -0.2) is 34.0 Å². The molecular formula is C26H24N2O6S2. The lowest BCUT2D eigenvalue weighted by atomic mass is 10.1. The molecule has 10 heteroatoms. The number of aryl methyl sites for hydroxylation is 2. The average molecular weight is 525 g/mol. The van der Waals surface area contributed by atoms with Gasteiger partial charge in [-0.05, 0) is 91.0 Å². The number of esters is 1. The van der Waals surface area contributed by atoms with Crippen LogP contribution in [0.3, 0.4) is 0 Å². The van der Waals surface area contributed by atoms with E-state index in [-0.39, 0.29) is 17.4 Å². The second kappa shape index (κ2) is 10.4. The van der Waals surface area contributed by atoms with Crippen LogP contribution >= 0.6 is 11.3 Å². The summed E-state index contributed by atoms with van der Waals surface area (Å²) in [5, 5.41) is 3.56. The summed E-state index contributed by atoms with van der Waals surface area (Å²) in [5.74, 6) is -0.437. The van der Waals surface area contributed by atoms with Crippen LogP contribution in [0.15, 0.2) is 71.6 Å². The fourth-order valence-electron chi connectivity index (χ4n) is 3.63. The SMILES string of the molecule is COC(=O)c1cc2cc(NC(=O)COc3ccc(S(=O)(=O)Nc4cc(C)cc(C)c4)cc3)ccc2s1. The van der Waals surface area contributed by atoms with Crippen molar-refractivity contribution in [2.75, 3.05) is 23.8 Å². The van der Waals surface area contributed by atoms with Gasteiger partial charge in [-0.15, -0.1) is 11.3 Å². The fraction of sp³-hybridized carbons (Fsp3) is 0.154. The summed E-state index contributed by atoms with van der Waals surface area (Å²) in [5.41, 5.74) is 2.96. The molecule has 0 bridgehead atoms. The number of carbonyl (C=O) groups excluding carboxylic acids is 2. The molecule has 0 fully saturated rings. The molecule has 3 aromatic carbocycles. The Morgan fingerprint density at radius 2 is 1.58 bits per heavy atom. The first-order valence-electron chi connectivity index (χ1n) is 10.9. The zero-order valence-corrected chi connectivity index (χ0v) is 21.5. The molecule has 0 saturated carbocycles. The molecule has 0 radical (unpaired) electrons. The van der Waals surface area contributed by atoms with Crippen molar-refractivity contribution in [1.29, 1.82) is 0 Å². The van der Waals surface area contributed by atoms with Gasteiger partial charge in [-0.3, -0.25) is 9.52 Å². The molecule has 1 heterocycles. The van der Waals surface area contributed by atoms with Crippen molar-refractivity contribution in [2.24, 2.45) is 0 Å². The third-order valence-corrected chi connectivity index (χ3v) is 7.66. The number of nitrogens with one attached hydrogen (secondary N) is 2. The highest BCUT2D eigenvalue weighted by Gasteiger charge is 2.15.